The van der Waals surface area contributed by atoms with Gasteiger partial charge in [0.2, 0.25) is 0 Å². The zero-order valence-electron chi connectivity index (χ0n) is 9.09. The van der Waals surface area contributed by atoms with Crippen LogP contribution in [-0.4, -0.2) is 37.2 Å². The molecule has 0 N–H and O–H groups in total. The molecule has 1 aliphatic rings. The van der Waals surface area contributed by atoms with Crippen LogP contribution in [0.1, 0.15) is 39.5 Å². The second-order valence-electron chi connectivity index (χ2n) is 3.83. The predicted molar refractivity (Wildman–Crippen MR) is 56.0 cm³/mol. The summed E-state index contributed by atoms with van der Waals surface area (Å²) in [6, 6.07) is 0.797. The number of rotatable bonds is 5. The predicted octanol–water partition coefficient (Wildman–Crippen LogP) is 2.29. The van der Waals surface area contributed by atoms with Crippen molar-refractivity contribution in [2.45, 2.75) is 45.6 Å². The Kier molecular flexibility index (Phi) is 5.40. The SMILES string of the molecule is CCCCN(CC)C1CCOCC1. The van der Waals surface area contributed by atoms with E-state index in [9.17, 15) is 0 Å². The van der Waals surface area contributed by atoms with Crippen LogP contribution in [0.4, 0.5) is 0 Å². The molecule has 0 spiro atoms. The van der Waals surface area contributed by atoms with Gasteiger partial charge < -0.3 is 9.64 Å². The summed E-state index contributed by atoms with van der Waals surface area (Å²) in [6.07, 6.45) is 5.11. The molecular formula is C11H23NO. The van der Waals surface area contributed by atoms with E-state index in [1.807, 2.05) is 0 Å². The van der Waals surface area contributed by atoms with Crippen LogP contribution in [0.3, 0.4) is 0 Å². The van der Waals surface area contributed by atoms with Crippen LogP contribution in [0.2, 0.25) is 0 Å². The monoisotopic (exact) mass is 185 g/mol. The first-order valence-electron chi connectivity index (χ1n) is 5.70. The van der Waals surface area contributed by atoms with E-state index in [4.69, 9.17) is 4.74 Å². The summed E-state index contributed by atoms with van der Waals surface area (Å²) in [5, 5.41) is 0. The lowest BCUT2D eigenvalue weighted by Crippen LogP contribution is -2.39. The van der Waals surface area contributed by atoms with Gasteiger partial charge in [-0.2, -0.15) is 0 Å². The van der Waals surface area contributed by atoms with Crippen molar-refractivity contribution in [1.29, 1.82) is 0 Å². The molecule has 0 aromatic carbocycles. The lowest BCUT2D eigenvalue weighted by molar-refractivity contribution is 0.0354. The summed E-state index contributed by atoms with van der Waals surface area (Å²) < 4.78 is 5.37. The normalized spacial score (nSPS) is 19.6. The van der Waals surface area contributed by atoms with Gasteiger partial charge in [-0.1, -0.05) is 20.3 Å². The Balaban J connectivity index is 2.26. The number of hydrogen-bond acceptors (Lipinski definition) is 2. The third-order valence-corrected chi connectivity index (χ3v) is 2.91. The molecule has 1 heterocycles. The number of unbranched alkanes of at least 4 members (excludes halogenated alkanes) is 1. The molecular weight excluding hydrogens is 162 g/mol. The first kappa shape index (κ1) is 11.0. The second kappa shape index (κ2) is 6.39. The molecule has 1 saturated heterocycles. The van der Waals surface area contributed by atoms with E-state index in [-0.39, 0.29) is 0 Å². The van der Waals surface area contributed by atoms with Crippen molar-refractivity contribution in [2.24, 2.45) is 0 Å². The van der Waals surface area contributed by atoms with Crippen LogP contribution in [0.5, 0.6) is 0 Å². The Morgan fingerprint density at radius 2 is 1.92 bits per heavy atom. The largest absolute Gasteiger partial charge is 0.381 e. The second-order valence-corrected chi connectivity index (χ2v) is 3.83. The van der Waals surface area contributed by atoms with Crippen LogP contribution in [-0.2, 0) is 4.74 Å². The molecule has 78 valence electrons. The highest BCUT2D eigenvalue weighted by Crippen LogP contribution is 2.14. The molecule has 1 fully saturated rings. The summed E-state index contributed by atoms with van der Waals surface area (Å²) in [5.74, 6) is 0. The minimum atomic E-state index is 0.797. The van der Waals surface area contributed by atoms with Crippen molar-refractivity contribution >= 4 is 0 Å². The Bertz CT molecular complexity index is 121. The van der Waals surface area contributed by atoms with E-state index in [1.165, 1.54) is 38.8 Å². The third-order valence-electron chi connectivity index (χ3n) is 2.91. The lowest BCUT2D eigenvalue weighted by atomic mass is 10.1. The van der Waals surface area contributed by atoms with Crippen LogP contribution >= 0.6 is 0 Å². The number of nitrogens with zero attached hydrogens (tertiary/aromatic N) is 1. The molecule has 0 aromatic rings. The Hall–Kier alpha value is -0.0800. The molecule has 0 atom stereocenters. The fraction of sp³-hybridized carbons (Fsp3) is 1.00. The van der Waals surface area contributed by atoms with Gasteiger partial charge in [0.15, 0.2) is 0 Å². The standard InChI is InChI=1S/C11H23NO/c1-3-5-8-12(4-2)11-6-9-13-10-7-11/h11H,3-10H2,1-2H3. The quantitative estimate of drug-likeness (QED) is 0.651. The molecule has 2 heteroatoms. The van der Waals surface area contributed by atoms with E-state index >= 15 is 0 Å². The first-order chi connectivity index (χ1) is 6.38. The van der Waals surface area contributed by atoms with Gasteiger partial charge in [0.25, 0.3) is 0 Å². The van der Waals surface area contributed by atoms with Gasteiger partial charge in [0.1, 0.15) is 0 Å². The highest BCUT2D eigenvalue weighted by molar-refractivity contribution is 4.73. The minimum absolute atomic E-state index is 0.797. The van der Waals surface area contributed by atoms with Crippen molar-refractivity contribution < 1.29 is 4.74 Å². The van der Waals surface area contributed by atoms with Gasteiger partial charge in [0, 0.05) is 19.3 Å². The zero-order chi connectivity index (χ0) is 9.52. The summed E-state index contributed by atoms with van der Waals surface area (Å²) in [4.78, 5) is 2.62. The Morgan fingerprint density at radius 3 is 2.46 bits per heavy atom. The number of hydrogen-bond donors (Lipinski definition) is 0. The molecule has 1 aliphatic heterocycles. The smallest absolute Gasteiger partial charge is 0.0480 e. The lowest BCUT2D eigenvalue weighted by Gasteiger charge is -2.33. The van der Waals surface area contributed by atoms with Gasteiger partial charge in [-0.25, -0.2) is 0 Å². The van der Waals surface area contributed by atoms with Gasteiger partial charge >= 0.3 is 0 Å². The van der Waals surface area contributed by atoms with E-state index in [1.54, 1.807) is 0 Å². The molecule has 0 amide bonds. The molecule has 0 radical (unpaired) electrons. The summed E-state index contributed by atoms with van der Waals surface area (Å²) in [7, 11) is 0. The molecule has 1 rings (SSSR count). The fourth-order valence-corrected chi connectivity index (χ4v) is 2.01. The molecule has 0 unspecified atom stereocenters. The maximum atomic E-state index is 5.37. The van der Waals surface area contributed by atoms with E-state index in [0.717, 1.165) is 19.3 Å². The molecule has 2 nitrogen and oxygen atoms in total. The average Bonchev–Trinajstić information content (AvgIpc) is 2.21. The summed E-state index contributed by atoms with van der Waals surface area (Å²) in [6.45, 7) is 8.94. The molecule has 0 bridgehead atoms. The van der Waals surface area contributed by atoms with Gasteiger partial charge in [-0.15, -0.1) is 0 Å². The topological polar surface area (TPSA) is 12.5 Å². The highest BCUT2D eigenvalue weighted by atomic mass is 16.5. The number of ether oxygens (including phenoxy) is 1. The highest BCUT2D eigenvalue weighted by Gasteiger charge is 2.19. The van der Waals surface area contributed by atoms with Crippen LogP contribution in [0, 0.1) is 0 Å². The van der Waals surface area contributed by atoms with Crippen molar-refractivity contribution in [3.63, 3.8) is 0 Å². The van der Waals surface area contributed by atoms with Crippen molar-refractivity contribution in [2.75, 3.05) is 26.3 Å². The average molecular weight is 185 g/mol. The van der Waals surface area contributed by atoms with Crippen molar-refractivity contribution in [1.82, 2.24) is 4.90 Å². The maximum absolute atomic E-state index is 5.37. The van der Waals surface area contributed by atoms with E-state index in [2.05, 4.69) is 18.7 Å². The Labute approximate surface area is 82.3 Å². The molecule has 0 saturated carbocycles. The fourth-order valence-electron chi connectivity index (χ4n) is 2.01. The van der Waals surface area contributed by atoms with Crippen LogP contribution < -0.4 is 0 Å². The Morgan fingerprint density at radius 1 is 1.23 bits per heavy atom. The van der Waals surface area contributed by atoms with Crippen LogP contribution in [0.15, 0.2) is 0 Å². The van der Waals surface area contributed by atoms with Gasteiger partial charge in [-0.05, 0) is 32.4 Å². The van der Waals surface area contributed by atoms with Crippen LogP contribution in [0.25, 0.3) is 0 Å². The summed E-state index contributed by atoms with van der Waals surface area (Å²) in [5.41, 5.74) is 0. The summed E-state index contributed by atoms with van der Waals surface area (Å²) >= 11 is 0. The van der Waals surface area contributed by atoms with Gasteiger partial charge in [-0.3, -0.25) is 0 Å². The maximum Gasteiger partial charge on any atom is 0.0480 e. The molecule has 0 aliphatic carbocycles. The van der Waals surface area contributed by atoms with Crippen molar-refractivity contribution in [3.8, 4) is 0 Å². The van der Waals surface area contributed by atoms with E-state index in [0.29, 0.717) is 0 Å². The van der Waals surface area contributed by atoms with E-state index < -0.39 is 0 Å². The third kappa shape index (κ3) is 3.65. The first-order valence-corrected chi connectivity index (χ1v) is 5.70. The van der Waals surface area contributed by atoms with Gasteiger partial charge in [0.05, 0.1) is 0 Å². The minimum Gasteiger partial charge on any atom is -0.381 e. The molecule has 0 aromatic heterocycles. The molecule has 13 heavy (non-hydrogen) atoms. The van der Waals surface area contributed by atoms with Crippen molar-refractivity contribution in [3.05, 3.63) is 0 Å². The zero-order valence-corrected chi connectivity index (χ0v) is 9.09.